The molecule has 0 aromatic rings. The van der Waals surface area contributed by atoms with E-state index < -0.39 is 0 Å². The lowest BCUT2D eigenvalue weighted by Gasteiger charge is -1.75. The van der Waals surface area contributed by atoms with Crippen molar-refractivity contribution in [1.29, 1.82) is 0 Å². The first-order chi connectivity index (χ1) is 4.33. The zero-order chi connectivity index (χ0) is 7.54. The zero-order valence-corrected chi connectivity index (χ0v) is 5.45. The first-order valence-electron chi connectivity index (χ1n) is 2.70. The Kier molecular flexibility index (Phi) is 19.1. The summed E-state index contributed by atoms with van der Waals surface area (Å²) in [5.74, 6) is 0. The van der Waals surface area contributed by atoms with Gasteiger partial charge in [-0.3, -0.25) is 4.79 Å². The van der Waals surface area contributed by atoms with Crippen molar-refractivity contribution in [2.75, 3.05) is 0 Å². The molecule has 0 saturated heterocycles. The fraction of sp³-hybridized carbons (Fsp3) is 0.500. The summed E-state index contributed by atoms with van der Waals surface area (Å²) >= 11 is 0. The molecular formula is C6H12O3. The van der Waals surface area contributed by atoms with Crippen molar-refractivity contribution in [3.63, 3.8) is 0 Å². The highest BCUT2D eigenvalue weighted by Crippen LogP contribution is 1.84. The van der Waals surface area contributed by atoms with E-state index in [1.807, 2.05) is 0 Å². The summed E-state index contributed by atoms with van der Waals surface area (Å²) in [5.41, 5.74) is 0. The Labute approximate surface area is 54.6 Å². The van der Waals surface area contributed by atoms with Crippen LogP contribution in [0.25, 0.3) is 0 Å². The number of unbranched alkanes of at least 4 members (excludes halogenated alkanes) is 1. The minimum absolute atomic E-state index is 0.250. The molecule has 0 radical (unpaired) electrons. The smallest absolute Gasteiger partial charge is 0.290 e. The highest BCUT2D eigenvalue weighted by Gasteiger charge is 1.66. The number of carboxylic acid groups (broad SMARTS) is 1. The summed E-state index contributed by atoms with van der Waals surface area (Å²) < 4.78 is 0. The van der Waals surface area contributed by atoms with E-state index in [0.717, 1.165) is 19.1 Å². The largest absolute Gasteiger partial charge is 0.516 e. The molecule has 0 aromatic carbocycles. The molecule has 2 N–H and O–H groups in total. The highest BCUT2D eigenvalue weighted by molar-refractivity contribution is 5.32. The fourth-order valence-electron chi connectivity index (χ4n) is 0.241. The molecule has 0 amide bonds. The zero-order valence-electron chi connectivity index (χ0n) is 5.45. The molecule has 9 heavy (non-hydrogen) atoms. The second-order valence-electron chi connectivity index (χ2n) is 1.28. The van der Waals surface area contributed by atoms with Crippen LogP contribution in [0, 0.1) is 0 Å². The highest BCUT2D eigenvalue weighted by atomic mass is 16.3. The maximum atomic E-state index is 8.36. The Hall–Kier alpha value is -0.990. The van der Waals surface area contributed by atoms with Crippen LogP contribution in [0.3, 0.4) is 0 Å². The Morgan fingerprint density at radius 2 is 1.89 bits per heavy atom. The van der Waals surface area contributed by atoms with Gasteiger partial charge in [0.2, 0.25) is 0 Å². The quantitative estimate of drug-likeness (QED) is 0.442. The van der Waals surface area contributed by atoms with Gasteiger partial charge in [-0.25, -0.2) is 0 Å². The second kappa shape index (κ2) is 15.7. The van der Waals surface area contributed by atoms with Gasteiger partial charge < -0.3 is 10.2 Å². The van der Waals surface area contributed by atoms with Gasteiger partial charge in [0, 0.05) is 0 Å². The van der Waals surface area contributed by atoms with Crippen LogP contribution in [-0.4, -0.2) is 16.7 Å². The van der Waals surface area contributed by atoms with Crippen LogP contribution in [0.15, 0.2) is 12.3 Å². The van der Waals surface area contributed by atoms with E-state index in [1.165, 1.54) is 0 Å². The van der Waals surface area contributed by atoms with Crippen LogP contribution in [0.2, 0.25) is 0 Å². The summed E-state index contributed by atoms with van der Waals surface area (Å²) in [6, 6.07) is 0. The maximum absolute atomic E-state index is 8.36. The van der Waals surface area contributed by atoms with E-state index in [4.69, 9.17) is 15.0 Å². The summed E-state index contributed by atoms with van der Waals surface area (Å²) in [6.45, 7) is 1.82. The summed E-state index contributed by atoms with van der Waals surface area (Å²) in [5, 5.41) is 14.9. The van der Waals surface area contributed by atoms with Crippen molar-refractivity contribution in [2.24, 2.45) is 0 Å². The number of carbonyl (C=O) groups is 1. The van der Waals surface area contributed by atoms with Gasteiger partial charge in [-0.1, -0.05) is 19.4 Å². The van der Waals surface area contributed by atoms with Gasteiger partial charge in [-0.2, -0.15) is 0 Å². The molecule has 0 bridgehead atoms. The lowest BCUT2D eigenvalue weighted by molar-refractivity contribution is -0.122. The van der Waals surface area contributed by atoms with Crippen molar-refractivity contribution in [1.82, 2.24) is 0 Å². The molecule has 0 saturated carbocycles. The molecule has 3 nitrogen and oxygen atoms in total. The van der Waals surface area contributed by atoms with Crippen molar-refractivity contribution in [3.05, 3.63) is 12.3 Å². The van der Waals surface area contributed by atoms with Crippen LogP contribution >= 0.6 is 0 Å². The van der Waals surface area contributed by atoms with Crippen molar-refractivity contribution >= 4 is 6.47 Å². The van der Waals surface area contributed by atoms with Gasteiger partial charge in [0.05, 0.1) is 6.26 Å². The van der Waals surface area contributed by atoms with Gasteiger partial charge in [0.15, 0.2) is 0 Å². The third-order valence-corrected chi connectivity index (χ3v) is 0.561. The summed E-state index contributed by atoms with van der Waals surface area (Å²) in [7, 11) is 0. The minimum Gasteiger partial charge on any atom is -0.516 e. The number of hydrogen-bond donors (Lipinski definition) is 2. The van der Waals surface area contributed by atoms with E-state index >= 15 is 0 Å². The minimum atomic E-state index is -0.250. The van der Waals surface area contributed by atoms with E-state index in [0.29, 0.717) is 0 Å². The number of allylic oxidation sites excluding steroid dienone is 1. The topological polar surface area (TPSA) is 57.5 Å². The average molecular weight is 132 g/mol. The predicted octanol–water partition coefficient (Wildman–Crippen LogP) is 1.56. The van der Waals surface area contributed by atoms with Crippen molar-refractivity contribution in [3.8, 4) is 0 Å². The molecular weight excluding hydrogens is 120 g/mol. The van der Waals surface area contributed by atoms with Crippen LogP contribution < -0.4 is 0 Å². The molecule has 0 spiro atoms. The molecule has 3 heteroatoms. The van der Waals surface area contributed by atoms with E-state index in [2.05, 4.69) is 6.92 Å². The summed E-state index contributed by atoms with van der Waals surface area (Å²) in [4.78, 5) is 8.36. The molecule has 0 fully saturated rings. The maximum Gasteiger partial charge on any atom is 0.290 e. The van der Waals surface area contributed by atoms with Gasteiger partial charge >= 0.3 is 0 Å². The monoisotopic (exact) mass is 132 g/mol. The molecule has 0 aromatic heterocycles. The lowest BCUT2D eigenvalue weighted by atomic mass is 10.3. The Morgan fingerprint density at radius 1 is 1.44 bits per heavy atom. The number of hydrogen-bond acceptors (Lipinski definition) is 2. The van der Waals surface area contributed by atoms with Crippen molar-refractivity contribution < 1.29 is 15.0 Å². The number of aliphatic hydroxyl groups is 1. The molecule has 0 heterocycles. The second-order valence-corrected chi connectivity index (χ2v) is 1.28. The standard InChI is InChI=1S/C5H10O.CH2O2/c1-2-3-4-5-6;2-1-3/h4-6H,2-3H2,1H3;1H,(H,2,3). The van der Waals surface area contributed by atoms with E-state index in [-0.39, 0.29) is 6.47 Å². The average Bonchev–Trinajstić information content (AvgIpc) is 1.86. The van der Waals surface area contributed by atoms with Gasteiger partial charge in [0.25, 0.3) is 6.47 Å². The van der Waals surface area contributed by atoms with Crippen LogP contribution in [0.1, 0.15) is 19.8 Å². The normalized spacial score (nSPS) is 8.11. The molecule has 0 rings (SSSR count). The van der Waals surface area contributed by atoms with Gasteiger partial charge in [0.1, 0.15) is 0 Å². The van der Waals surface area contributed by atoms with Gasteiger partial charge in [-0.15, -0.1) is 0 Å². The van der Waals surface area contributed by atoms with Crippen LogP contribution in [0.5, 0.6) is 0 Å². The Balaban J connectivity index is 0. The van der Waals surface area contributed by atoms with Crippen LogP contribution in [0.4, 0.5) is 0 Å². The molecule has 0 aliphatic carbocycles. The molecule has 0 atom stereocenters. The molecule has 0 aliphatic heterocycles. The first-order valence-corrected chi connectivity index (χ1v) is 2.70. The molecule has 0 unspecified atom stereocenters. The lowest BCUT2D eigenvalue weighted by Crippen LogP contribution is -1.57. The van der Waals surface area contributed by atoms with E-state index in [9.17, 15) is 0 Å². The molecule has 54 valence electrons. The number of rotatable bonds is 2. The van der Waals surface area contributed by atoms with Gasteiger partial charge in [-0.05, 0) is 6.42 Å². The third kappa shape index (κ3) is 43.6. The van der Waals surface area contributed by atoms with Crippen LogP contribution in [-0.2, 0) is 4.79 Å². The van der Waals surface area contributed by atoms with Crippen molar-refractivity contribution in [2.45, 2.75) is 19.8 Å². The fourth-order valence-corrected chi connectivity index (χ4v) is 0.241. The first kappa shape index (κ1) is 10.9. The third-order valence-electron chi connectivity index (χ3n) is 0.561. The predicted molar refractivity (Wildman–Crippen MR) is 35.4 cm³/mol. The van der Waals surface area contributed by atoms with E-state index in [1.54, 1.807) is 6.08 Å². The Morgan fingerprint density at radius 3 is 2.00 bits per heavy atom. The summed E-state index contributed by atoms with van der Waals surface area (Å²) in [6.07, 6.45) is 4.91. The SMILES string of the molecule is CCCC=CO.O=CO. The Bertz CT molecular complexity index is 68.7. The molecule has 0 aliphatic rings. The number of aliphatic hydroxyl groups excluding tert-OH is 1.